The minimum atomic E-state index is -0.419. The van der Waals surface area contributed by atoms with Gasteiger partial charge in [-0.25, -0.2) is 4.99 Å². The molecule has 2 atom stereocenters. The second kappa shape index (κ2) is 1.46. The lowest BCUT2D eigenvalue weighted by Gasteiger charge is -2.02. The van der Waals surface area contributed by atoms with Gasteiger partial charge in [-0.05, 0) is 0 Å². The standard InChI is InChI=1S/C5H5NO3/c7-4-1-3-5(9-4)8-2-6-3/h2-3,5H,1H2. The molecule has 2 heterocycles. The van der Waals surface area contributed by atoms with E-state index in [4.69, 9.17) is 9.47 Å². The Kier molecular flexibility index (Phi) is 0.777. The molecule has 2 aliphatic rings. The van der Waals surface area contributed by atoms with Crippen LogP contribution in [0.1, 0.15) is 6.42 Å². The number of rotatable bonds is 0. The normalized spacial score (nSPS) is 38.0. The Morgan fingerprint density at radius 2 is 2.67 bits per heavy atom. The quantitative estimate of drug-likeness (QED) is 0.419. The summed E-state index contributed by atoms with van der Waals surface area (Å²) in [5.41, 5.74) is 0. The van der Waals surface area contributed by atoms with Crippen molar-refractivity contribution in [2.75, 3.05) is 0 Å². The van der Waals surface area contributed by atoms with Gasteiger partial charge < -0.3 is 9.47 Å². The largest absolute Gasteiger partial charge is 0.442 e. The van der Waals surface area contributed by atoms with Gasteiger partial charge in [0.2, 0.25) is 0 Å². The van der Waals surface area contributed by atoms with E-state index in [0.717, 1.165) is 0 Å². The minimum Gasteiger partial charge on any atom is -0.442 e. The number of nitrogens with zero attached hydrogens (tertiary/aromatic N) is 1. The van der Waals surface area contributed by atoms with Gasteiger partial charge in [-0.2, -0.15) is 0 Å². The van der Waals surface area contributed by atoms with Gasteiger partial charge in [-0.1, -0.05) is 0 Å². The molecule has 0 bridgehead atoms. The molecular formula is C5H5NO3. The number of fused-ring (bicyclic) bond motifs is 1. The van der Waals surface area contributed by atoms with E-state index in [1.165, 1.54) is 6.40 Å². The van der Waals surface area contributed by atoms with E-state index in [0.29, 0.717) is 6.42 Å². The van der Waals surface area contributed by atoms with Gasteiger partial charge in [0.1, 0.15) is 6.04 Å². The molecule has 0 saturated carbocycles. The van der Waals surface area contributed by atoms with E-state index in [2.05, 4.69) is 4.99 Å². The average Bonchev–Trinajstić information content (AvgIpc) is 2.22. The molecule has 48 valence electrons. The highest BCUT2D eigenvalue weighted by atomic mass is 16.7. The molecule has 0 amide bonds. The number of esters is 1. The Bertz CT molecular complexity index is 177. The molecule has 0 aromatic rings. The molecule has 2 rings (SSSR count). The molecule has 1 saturated heterocycles. The summed E-state index contributed by atoms with van der Waals surface area (Å²) < 4.78 is 9.51. The summed E-state index contributed by atoms with van der Waals surface area (Å²) in [5, 5.41) is 0. The van der Waals surface area contributed by atoms with E-state index in [1.807, 2.05) is 0 Å². The highest BCUT2D eigenvalue weighted by molar-refractivity contribution is 5.74. The van der Waals surface area contributed by atoms with Gasteiger partial charge in [0.05, 0.1) is 6.42 Å². The van der Waals surface area contributed by atoms with Crippen molar-refractivity contribution in [3.05, 3.63) is 0 Å². The molecule has 0 aromatic heterocycles. The van der Waals surface area contributed by atoms with E-state index < -0.39 is 6.29 Å². The molecule has 2 aliphatic heterocycles. The third kappa shape index (κ3) is 0.590. The van der Waals surface area contributed by atoms with Crippen LogP contribution in [0.5, 0.6) is 0 Å². The molecule has 4 nitrogen and oxygen atoms in total. The highest BCUT2D eigenvalue weighted by Crippen LogP contribution is 2.21. The predicted octanol–water partition coefficient (Wildman–Crippen LogP) is -0.314. The molecule has 0 aliphatic carbocycles. The molecule has 0 N–H and O–H groups in total. The first-order valence-electron chi connectivity index (χ1n) is 2.73. The Labute approximate surface area is 51.5 Å². The lowest BCUT2D eigenvalue weighted by Crippen LogP contribution is -2.15. The van der Waals surface area contributed by atoms with Gasteiger partial charge in [-0.3, -0.25) is 4.79 Å². The zero-order valence-corrected chi connectivity index (χ0v) is 4.61. The fourth-order valence-corrected chi connectivity index (χ4v) is 0.938. The first-order chi connectivity index (χ1) is 4.36. The van der Waals surface area contributed by atoms with Crippen LogP contribution in [0.15, 0.2) is 4.99 Å². The average molecular weight is 127 g/mol. The van der Waals surface area contributed by atoms with E-state index in [9.17, 15) is 4.79 Å². The van der Waals surface area contributed by atoms with Crippen LogP contribution in [0.2, 0.25) is 0 Å². The fourth-order valence-electron chi connectivity index (χ4n) is 0.938. The first-order valence-corrected chi connectivity index (χ1v) is 2.73. The molecular weight excluding hydrogens is 122 g/mol. The van der Waals surface area contributed by atoms with Crippen LogP contribution in [0.4, 0.5) is 0 Å². The number of carbonyl (C=O) groups excluding carboxylic acids is 1. The van der Waals surface area contributed by atoms with Crippen molar-refractivity contribution in [2.45, 2.75) is 18.8 Å². The zero-order valence-electron chi connectivity index (χ0n) is 4.61. The highest BCUT2D eigenvalue weighted by Gasteiger charge is 2.38. The maximum absolute atomic E-state index is 10.5. The Hall–Kier alpha value is -1.06. The van der Waals surface area contributed by atoms with E-state index >= 15 is 0 Å². The summed E-state index contributed by atoms with van der Waals surface area (Å²) in [6.45, 7) is 0. The van der Waals surface area contributed by atoms with Crippen molar-refractivity contribution in [3.63, 3.8) is 0 Å². The second-order valence-corrected chi connectivity index (χ2v) is 2.02. The maximum atomic E-state index is 10.5. The van der Waals surface area contributed by atoms with Crippen LogP contribution in [0, 0.1) is 0 Å². The van der Waals surface area contributed by atoms with Crippen molar-refractivity contribution in [3.8, 4) is 0 Å². The summed E-state index contributed by atoms with van der Waals surface area (Å²) in [4.78, 5) is 14.3. The lowest BCUT2D eigenvalue weighted by atomic mass is 10.3. The molecule has 4 heteroatoms. The van der Waals surface area contributed by atoms with Crippen molar-refractivity contribution in [1.29, 1.82) is 0 Å². The summed E-state index contributed by atoms with van der Waals surface area (Å²) >= 11 is 0. The van der Waals surface area contributed by atoms with E-state index in [-0.39, 0.29) is 12.0 Å². The number of hydrogen-bond acceptors (Lipinski definition) is 4. The van der Waals surface area contributed by atoms with E-state index in [1.54, 1.807) is 0 Å². The summed E-state index contributed by atoms with van der Waals surface area (Å²) in [6.07, 6.45) is 1.28. The maximum Gasteiger partial charge on any atom is 0.311 e. The summed E-state index contributed by atoms with van der Waals surface area (Å²) in [5.74, 6) is -0.221. The zero-order chi connectivity index (χ0) is 6.27. The van der Waals surface area contributed by atoms with Crippen LogP contribution in [0.3, 0.4) is 0 Å². The number of ether oxygens (including phenoxy) is 2. The van der Waals surface area contributed by atoms with Crippen LogP contribution in [-0.4, -0.2) is 24.7 Å². The SMILES string of the molecule is O=C1CC2N=COC2O1. The van der Waals surface area contributed by atoms with Crippen LogP contribution >= 0.6 is 0 Å². The minimum absolute atomic E-state index is 0.0718. The van der Waals surface area contributed by atoms with Crippen molar-refractivity contribution < 1.29 is 14.3 Å². The smallest absolute Gasteiger partial charge is 0.311 e. The van der Waals surface area contributed by atoms with Gasteiger partial charge in [0.25, 0.3) is 6.29 Å². The van der Waals surface area contributed by atoms with Crippen LogP contribution in [0.25, 0.3) is 0 Å². The van der Waals surface area contributed by atoms with Crippen molar-refractivity contribution in [2.24, 2.45) is 4.99 Å². The van der Waals surface area contributed by atoms with Crippen LogP contribution in [-0.2, 0) is 14.3 Å². The van der Waals surface area contributed by atoms with Crippen molar-refractivity contribution >= 4 is 12.4 Å². The Morgan fingerprint density at radius 1 is 1.78 bits per heavy atom. The van der Waals surface area contributed by atoms with Gasteiger partial charge >= 0.3 is 5.97 Å². The molecule has 0 radical (unpaired) electrons. The molecule has 9 heavy (non-hydrogen) atoms. The van der Waals surface area contributed by atoms with Gasteiger partial charge in [0, 0.05) is 0 Å². The van der Waals surface area contributed by atoms with Crippen molar-refractivity contribution in [1.82, 2.24) is 0 Å². The first kappa shape index (κ1) is 4.78. The van der Waals surface area contributed by atoms with Crippen LogP contribution < -0.4 is 0 Å². The third-order valence-corrected chi connectivity index (χ3v) is 1.38. The number of hydrogen-bond donors (Lipinski definition) is 0. The molecule has 0 aromatic carbocycles. The number of aliphatic imine (C=N–C) groups is 1. The monoisotopic (exact) mass is 127 g/mol. The predicted molar refractivity (Wildman–Crippen MR) is 27.9 cm³/mol. The topological polar surface area (TPSA) is 47.9 Å². The summed E-state index contributed by atoms with van der Waals surface area (Å²) in [6, 6.07) is -0.0718. The fraction of sp³-hybridized carbons (Fsp3) is 0.600. The Morgan fingerprint density at radius 3 is 3.44 bits per heavy atom. The summed E-state index contributed by atoms with van der Waals surface area (Å²) in [7, 11) is 0. The Balaban J connectivity index is 2.17. The molecule has 1 fully saturated rings. The molecule has 2 unspecified atom stereocenters. The third-order valence-electron chi connectivity index (χ3n) is 1.38. The lowest BCUT2D eigenvalue weighted by molar-refractivity contribution is -0.151. The van der Waals surface area contributed by atoms with Gasteiger partial charge in [-0.15, -0.1) is 0 Å². The van der Waals surface area contributed by atoms with Gasteiger partial charge in [0.15, 0.2) is 6.40 Å². The second-order valence-electron chi connectivity index (χ2n) is 2.02. The number of carbonyl (C=O) groups is 1. The molecule has 0 spiro atoms.